The molecule has 4 aromatic carbocycles. The summed E-state index contributed by atoms with van der Waals surface area (Å²) in [5.74, 6) is 0.431. The van der Waals surface area contributed by atoms with Crippen molar-refractivity contribution in [1.29, 1.82) is 0 Å². The third kappa shape index (κ3) is 6.30. The maximum atomic E-state index is 13.3. The Kier molecular flexibility index (Phi) is 8.01. The molecule has 1 N–H and O–H groups in total. The first-order chi connectivity index (χ1) is 17.4. The molecule has 0 fully saturated rings. The van der Waals surface area contributed by atoms with Gasteiger partial charge in [0.15, 0.2) is 5.78 Å². The molecular formula is C31H30O5. The van der Waals surface area contributed by atoms with Gasteiger partial charge >= 0.3 is 5.97 Å². The Labute approximate surface area is 211 Å². The topological polar surface area (TPSA) is 72.8 Å². The Bertz CT molecular complexity index is 1360. The average molecular weight is 483 g/mol. The van der Waals surface area contributed by atoms with Crippen LogP contribution in [0, 0.1) is 6.92 Å². The van der Waals surface area contributed by atoms with Crippen molar-refractivity contribution < 1.29 is 24.2 Å². The standard InChI is InChI=1S/C31H30O5/c1-21-18-27(14-12-23(21)13-15-30(32)33)35-17-16-22(2)36-29-20-26-11-7-6-10-25(26)19-28(29)31(34)24-8-4-3-5-9-24/h3-12,14,18-20,22H,13,15-17H2,1-2H3,(H,32,33)/t22-/m1/s1. The Morgan fingerprint density at radius 1 is 0.889 bits per heavy atom. The van der Waals surface area contributed by atoms with Crippen LogP contribution in [0.1, 0.15) is 46.8 Å². The van der Waals surface area contributed by atoms with Crippen LogP contribution >= 0.6 is 0 Å². The lowest BCUT2D eigenvalue weighted by Crippen LogP contribution is -2.17. The monoisotopic (exact) mass is 482 g/mol. The second kappa shape index (κ2) is 11.5. The summed E-state index contributed by atoms with van der Waals surface area (Å²) in [7, 11) is 0. The van der Waals surface area contributed by atoms with Crippen LogP contribution in [0.25, 0.3) is 10.8 Å². The molecule has 4 aromatic rings. The van der Waals surface area contributed by atoms with E-state index in [1.54, 1.807) is 0 Å². The molecule has 5 heteroatoms. The van der Waals surface area contributed by atoms with Gasteiger partial charge in [-0.15, -0.1) is 0 Å². The number of fused-ring (bicyclic) bond motifs is 1. The third-order valence-corrected chi connectivity index (χ3v) is 6.17. The van der Waals surface area contributed by atoms with Crippen molar-refractivity contribution in [3.05, 3.63) is 107 Å². The van der Waals surface area contributed by atoms with Gasteiger partial charge in [0.05, 0.1) is 18.3 Å². The van der Waals surface area contributed by atoms with Crippen LogP contribution in [0.5, 0.6) is 11.5 Å². The number of hydrogen-bond donors (Lipinski definition) is 1. The van der Waals surface area contributed by atoms with Gasteiger partial charge < -0.3 is 14.6 Å². The highest BCUT2D eigenvalue weighted by Gasteiger charge is 2.18. The minimum Gasteiger partial charge on any atom is -0.493 e. The largest absolute Gasteiger partial charge is 0.493 e. The first kappa shape index (κ1) is 25.0. The molecule has 36 heavy (non-hydrogen) atoms. The Balaban J connectivity index is 1.43. The number of ketones is 1. The number of aryl methyl sites for hydroxylation is 2. The van der Waals surface area contributed by atoms with Crippen LogP contribution in [0.2, 0.25) is 0 Å². The number of carbonyl (C=O) groups is 2. The number of rotatable bonds is 11. The Hall–Kier alpha value is -4.12. The van der Waals surface area contributed by atoms with Crippen LogP contribution in [0.4, 0.5) is 0 Å². The average Bonchev–Trinajstić information content (AvgIpc) is 2.88. The van der Waals surface area contributed by atoms with Gasteiger partial charge in [0.25, 0.3) is 0 Å². The molecule has 0 amide bonds. The SMILES string of the molecule is Cc1cc(OCC[C@@H](C)Oc2cc3ccccc3cc2C(=O)c2ccccc2)ccc1CCC(=O)O. The molecular weight excluding hydrogens is 452 g/mol. The molecule has 0 aromatic heterocycles. The lowest BCUT2D eigenvalue weighted by Gasteiger charge is -2.19. The second-order valence-electron chi connectivity index (χ2n) is 8.94. The molecule has 0 saturated carbocycles. The fourth-order valence-electron chi connectivity index (χ4n) is 4.14. The maximum absolute atomic E-state index is 13.3. The number of ether oxygens (including phenoxy) is 2. The van der Waals surface area contributed by atoms with E-state index in [9.17, 15) is 9.59 Å². The normalized spacial score (nSPS) is 11.7. The first-order valence-electron chi connectivity index (χ1n) is 12.1. The quantitative estimate of drug-likeness (QED) is 0.243. The van der Waals surface area contributed by atoms with Crippen LogP contribution in [0.3, 0.4) is 0 Å². The first-order valence-corrected chi connectivity index (χ1v) is 12.1. The van der Waals surface area contributed by atoms with E-state index in [0.717, 1.165) is 27.6 Å². The predicted molar refractivity (Wildman–Crippen MR) is 141 cm³/mol. The molecule has 4 rings (SSSR count). The molecule has 0 bridgehead atoms. The molecule has 0 heterocycles. The maximum Gasteiger partial charge on any atom is 0.303 e. The highest BCUT2D eigenvalue weighted by atomic mass is 16.5. The smallest absolute Gasteiger partial charge is 0.303 e. The minimum atomic E-state index is -0.802. The lowest BCUT2D eigenvalue weighted by molar-refractivity contribution is -0.136. The Morgan fingerprint density at radius 3 is 2.28 bits per heavy atom. The second-order valence-corrected chi connectivity index (χ2v) is 8.94. The van der Waals surface area contributed by atoms with Gasteiger partial charge in [0, 0.05) is 18.4 Å². The molecule has 0 saturated heterocycles. The summed E-state index contributed by atoms with van der Waals surface area (Å²) in [5, 5.41) is 10.9. The number of carboxylic acid groups (broad SMARTS) is 1. The zero-order valence-corrected chi connectivity index (χ0v) is 20.6. The fourth-order valence-corrected chi connectivity index (χ4v) is 4.14. The van der Waals surface area contributed by atoms with Gasteiger partial charge in [-0.1, -0.05) is 60.7 Å². The van der Waals surface area contributed by atoms with Crippen LogP contribution < -0.4 is 9.47 Å². The molecule has 1 atom stereocenters. The highest BCUT2D eigenvalue weighted by Crippen LogP contribution is 2.29. The molecule has 0 unspecified atom stereocenters. The lowest BCUT2D eigenvalue weighted by atomic mass is 9.98. The third-order valence-electron chi connectivity index (χ3n) is 6.17. The van der Waals surface area contributed by atoms with Crippen LogP contribution in [-0.2, 0) is 11.2 Å². The number of benzene rings is 4. The fraction of sp³-hybridized carbons (Fsp3) is 0.226. The van der Waals surface area contributed by atoms with Crippen molar-refractivity contribution in [3.8, 4) is 11.5 Å². The summed E-state index contributed by atoms with van der Waals surface area (Å²) in [6.07, 6.45) is 1.07. The Morgan fingerprint density at radius 2 is 1.58 bits per heavy atom. The van der Waals surface area contributed by atoms with Gasteiger partial charge in [-0.3, -0.25) is 9.59 Å². The zero-order valence-electron chi connectivity index (χ0n) is 20.6. The van der Waals surface area contributed by atoms with E-state index in [1.807, 2.05) is 98.8 Å². The van der Waals surface area contributed by atoms with Crippen molar-refractivity contribution in [2.75, 3.05) is 6.61 Å². The summed E-state index contributed by atoms with van der Waals surface area (Å²) in [4.78, 5) is 24.1. The van der Waals surface area contributed by atoms with Crippen molar-refractivity contribution in [1.82, 2.24) is 0 Å². The number of carboxylic acids is 1. The van der Waals surface area contributed by atoms with E-state index < -0.39 is 5.97 Å². The van der Waals surface area contributed by atoms with Gasteiger partial charge in [-0.05, 0) is 66.4 Å². The molecule has 0 radical (unpaired) electrons. The number of aliphatic carboxylic acids is 1. The molecule has 0 spiro atoms. The van der Waals surface area contributed by atoms with Crippen LogP contribution in [-0.4, -0.2) is 29.6 Å². The molecule has 184 valence electrons. The van der Waals surface area contributed by atoms with Crippen molar-refractivity contribution in [3.63, 3.8) is 0 Å². The van der Waals surface area contributed by atoms with Gasteiger partial charge in [-0.25, -0.2) is 0 Å². The van der Waals surface area contributed by atoms with E-state index in [2.05, 4.69) is 0 Å². The summed E-state index contributed by atoms with van der Waals surface area (Å²) in [6.45, 7) is 4.38. The van der Waals surface area contributed by atoms with Crippen molar-refractivity contribution in [2.24, 2.45) is 0 Å². The summed E-state index contributed by atoms with van der Waals surface area (Å²) >= 11 is 0. The number of carbonyl (C=O) groups excluding carboxylic acids is 1. The molecule has 0 aliphatic carbocycles. The predicted octanol–water partition coefficient (Wildman–Crippen LogP) is 6.63. The van der Waals surface area contributed by atoms with Gasteiger partial charge in [-0.2, -0.15) is 0 Å². The zero-order chi connectivity index (χ0) is 25.5. The van der Waals surface area contributed by atoms with Crippen molar-refractivity contribution >= 4 is 22.5 Å². The minimum absolute atomic E-state index is 0.0710. The summed E-state index contributed by atoms with van der Waals surface area (Å²) in [6, 6.07) is 26.7. The summed E-state index contributed by atoms with van der Waals surface area (Å²) < 4.78 is 12.2. The molecule has 0 aliphatic heterocycles. The van der Waals surface area contributed by atoms with Gasteiger partial charge in [0.1, 0.15) is 11.5 Å². The van der Waals surface area contributed by atoms with E-state index in [0.29, 0.717) is 36.3 Å². The van der Waals surface area contributed by atoms with Gasteiger partial charge in [0.2, 0.25) is 0 Å². The van der Waals surface area contributed by atoms with E-state index in [1.165, 1.54) is 0 Å². The highest BCUT2D eigenvalue weighted by molar-refractivity contribution is 6.12. The summed E-state index contributed by atoms with van der Waals surface area (Å²) in [5.41, 5.74) is 3.18. The molecule has 5 nitrogen and oxygen atoms in total. The van der Waals surface area contributed by atoms with E-state index in [-0.39, 0.29) is 18.3 Å². The molecule has 0 aliphatic rings. The number of hydrogen-bond acceptors (Lipinski definition) is 4. The van der Waals surface area contributed by atoms with E-state index in [4.69, 9.17) is 14.6 Å². The van der Waals surface area contributed by atoms with E-state index >= 15 is 0 Å². The van der Waals surface area contributed by atoms with Crippen LogP contribution in [0.15, 0.2) is 84.9 Å². The van der Waals surface area contributed by atoms with Crippen molar-refractivity contribution in [2.45, 2.75) is 39.2 Å².